The van der Waals surface area contributed by atoms with Gasteiger partial charge in [0.25, 0.3) is 0 Å². The minimum atomic E-state index is -3.89. The molecule has 0 saturated heterocycles. The van der Waals surface area contributed by atoms with Crippen LogP contribution in [0.2, 0.25) is 0 Å². The fourth-order valence-electron chi connectivity index (χ4n) is 5.09. The van der Waals surface area contributed by atoms with E-state index in [0.717, 1.165) is 27.8 Å². The Bertz CT molecular complexity index is 1400. The maximum absolute atomic E-state index is 14.0. The van der Waals surface area contributed by atoms with Gasteiger partial charge in [0.2, 0.25) is 15.9 Å². The summed E-state index contributed by atoms with van der Waals surface area (Å²) in [4.78, 5) is 15.9. The molecule has 0 radical (unpaired) electrons. The number of hydrogen-bond acceptors (Lipinski definition) is 5. The van der Waals surface area contributed by atoms with Crippen molar-refractivity contribution in [2.24, 2.45) is 0 Å². The Morgan fingerprint density at radius 1 is 0.861 bits per heavy atom. The summed E-state index contributed by atoms with van der Waals surface area (Å²) in [7, 11) is -0.695. The summed E-state index contributed by atoms with van der Waals surface area (Å²) >= 11 is 0. The van der Waals surface area contributed by atoms with Crippen LogP contribution in [0, 0.1) is 6.92 Å². The summed E-state index contributed by atoms with van der Waals surface area (Å²) in [6.45, 7) is 2.99. The molecule has 0 unspecified atom stereocenters. The molecule has 0 aliphatic carbocycles. The van der Waals surface area contributed by atoms with Crippen LogP contribution < -0.4 is 9.47 Å². The second kappa shape index (κ2) is 9.59. The van der Waals surface area contributed by atoms with Crippen LogP contribution in [-0.4, -0.2) is 50.3 Å². The number of ether oxygens (including phenoxy) is 2. The summed E-state index contributed by atoms with van der Waals surface area (Å²) in [5, 5.41) is 0. The molecule has 1 amide bonds. The minimum Gasteiger partial charge on any atom is -0.493 e. The molecule has 7 nitrogen and oxygen atoms in total. The zero-order valence-electron chi connectivity index (χ0n) is 20.7. The molecule has 0 bridgehead atoms. The van der Waals surface area contributed by atoms with Gasteiger partial charge in [-0.1, -0.05) is 42.0 Å². The van der Waals surface area contributed by atoms with Crippen molar-refractivity contribution in [3.8, 4) is 11.5 Å². The second-order valence-electron chi connectivity index (χ2n) is 9.34. The number of carbonyl (C=O) groups excluding carboxylic acids is 1. The van der Waals surface area contributed by atoms with Crippen LogP contribution in [0.5, 0.6) is 11.5 Å². The predicted octanol–water partition coefficient (Wildman–Crippen LogP) is 3.71. The Morgan fingerprint density at radius 3 is 2.17 bits per heavy atom. The summed E-state index contributed by atoms with van der Waals surface area (Å²) in [5.74, 6) is 1.09. The minimum absolute atomic E-state index is 0.165. The molecule has 8 heteroatoms. The van der Waals surface area contributed by atoms with Crippen LogP contribution in [0.4, 0.5) is 0 Å². The maximum atomic E-state index is 14.0. The monoisotopic (exact) mass is 506 g/mol. The van der Waals surface area contributed by atoms with Gasteiger partial charge in [-0.3, -0.25) is 4.79 Å². The number of amides is 1. The van der Waals surface area contributed by atoms with Gasteiger partial charge in [0.15, 0.2) is 11.5 Å². The largest absolute Gasteiger partial charge is 0.493 e. The Labute approximate surface area is 212 Å². The molecule has 188 valence electrons. The quantitative estimate of drug-likeness (QED) is 0.527. The van der Waals surface area contributed by atoms with Crippen molar-refractivity contribution >= 4 is 15.9 Å². The van der Waals surface area contributed by atoms with Gasteiger partial charge in [0.1, 0.15) is 6.04 Å². The van der Waals surface area contributed by atoms with Gasteiger partial charge in [-0.25, -0.2) is 8.42 Å². The fraction of sp³-hybridized carbons (Fsp3) is 0.321. The molecule has 2 aliphatic heterocycles. The van der Waals surface area contributed by atoms with E-state index in [9.17, 15) is 13.2 Å². The molecular formula is C28H30N2O5S. The standard InChI is InChI=1S/C28H30N2O5S/c1-19-8-10-24(11-9-19)36(32,33)30-18-22-7-5-4-6-20(22)14-25(30)28(31)29-13-12-21-15-26(34-2)27(35-3)16-23(21)17-29/h4-11,15-16,25H,12-14,17-18H2,1-3H3/t25-/m0/s1. The van der Waals surface area contributed by atoms with E-state index in [1.807, 2.05) is 43.3 Å². The van der Waals surface area contributed by atoms with E-state index in [0.29, 0.717) is 37.4 Å². The zero-order valence-corrected chi connectivity index (χ0v) is 21.5. The van der Waals surface area contributed by atoms with Gasteiger partial charge in [0.05, 0.1) is 19.1 Å². The van der Waals surface area contributed by atoms with Gasteiger partial charge in [0, 0.05) is 19.6 Å². The smallest absolute Gasteiger partial charge is 0.244 e. The van der Waals surface area contributed by atoms with E-state index in [1.165, 1.54) is 4.31 Å². The lowest BCUT2D eigenvalue weighted by atomic mass is 9.93. The van der Waals surface area contributed by atoms with Crippen LogP contribution in [0.25, 0.3) is 0 Å². The van der Waals surface area contributed by atoms with Crippen molar-refractivity contribution in [1.29, 1.82) is 0 Å². The number of rotatable bonds is 5. The fourth-order valence-corrected chi connectivity index (χ4v) is 6.65. The van der Waals surface area contributed by atoms with Crippen molar-refractivity contribution in [1.82, 2.24) is 9.21 Å². The van der Waals surface area contributed by atoms with Gasteiger partial charge >= 0.3 is 0 Å². The van der Waals surface area contributed by atoms with E-state index < -0.39 is 16.1 Å². The first-order chi connectivity index (χ1) is 17.3. The average Bonchev–Trinajstić information content (AvgIpc) is 2.91. The first-order valence-corrected chi connectivity index (χ1v) is 13.4. The molecule has 1 atom stereocenters. The van der Waals surface area contributed by atoms with E-state index >= 15 is 0 Å². The van der Waals surface area contributed by atoms with Crippen molar-refractivity contribution in [3.05, 3.63) is 88.5 Å². The molecule has 5 rings (SSSR count). The summed E-state index contributed by atoms with van der Waals surface area (Å²) in [6.07, 6.45) is 1.00. The van der Waals surface area contributed by atoms with Gasteiger partial charge in [-0.2, -0.15) is 4.31 Å². The van der Waals surface area contributed by atoms with E-state index in [2.05, 4.69) is 0 Å². The number of carbonyl (C=O) groups is 1. The number of methoxy groups -OCH3 is 2. The Kier molecular flexibility index (Phi) is 6.49. The van der Waals surface area contributed by atoms with Gasteiger partial charge in [-0.15, -0.1) is 0 Å². The molecule has 2 heterocycles. The lowest BCUT2D eigenvalue weighted by Crippen LogP contribution is -2.54. The van der Waals surface area contributed by atoms with Crippen LogP contribution in [0.15, 0.2) is 65.6 Å². The van der Waals surface area contributed by atoms with Crippen LogP contribution in [0.3, 0.4) is 0 Å². The summed E-state index contributed by atoms with van der Waals surface area (Å²) in [5.41, 5.74) is 5.00. The van der Waals surface area contributed by atoms with Crippen molar-refractivity contribution < 1.29 is 22.7 Å². The van der Waals surface area contributed by atoms with Gasteiger partial charge < -0.3 is 14.4 Å². The van der Waals surface area contributed by atoms with Crippen LogP contribution >= 0.6 is 0 Å². The highest BCUT2D eigenvalue weighted by Gasteiger charge is 2.41. The first-order valence-electron chi connectivity index (χ1n) is 12.0. The predicted molar refractivity (Wildman–Crippen MR) is 137 cm³/mol. The van der Waals surface area contributed by atoms with E-state index in [1.54, 1.807) is 43.4 Å². The molecule has 0 aromatic heterocycles. The van der Waals surface area contributed by atoms with Crippen molar-refractivity contribution in [2.45, 2.75) is 43.8 Å². The number of hydrogen-bond donors (Lipinski definition) is 0. The molecule has 0 saturated carbocycles. The molecule has 3 aromatic rings. The summed E-state index contributed by atoms with van der Waals surface area (Å²) in [6, 6.07) is 17.6. The lowest BCUT2D eigenvalue weighted by molar-refractivity contribution is -0.136. The number of nitrogens with zero attached hydrogens (tertiary/aromatic N) is 2. The third kappa shape index (κ3) is 4.35. The Morgan fingerprint density at radius 2 is 1.50 bits per heavy atom. The molecule has 0 spiro atoms. The maximum Gasteiger partial charge on any atom is 0.244 e. The van der Waals surface area contributed by atoms with Gasteiger partial charge in [-0.05, 0) is 66.3 Å². The molecule has 2 aliphatic rings. The molecule has 0 N–H and O–H groups in total. The third-order valence-electron chi connectivity index (χ3n) is 7.15. The summed E-state index contributed by atoms with van der Waals surface area (Å²) < 4.78 is 39.8. The lowest BCUT2D eigenvalue weighted by Gasteiger charge is -2.39. The zero-order chi connectivity index (χ0) is 25.4. The third-order valence-corrected chi connectivity index (χ3v) is 9.02. The topological polar surface area (TPSA) is 76.2 Å². The SMILES string of the molecule is COc1cc2c(cc1OC)CN(C(=O)[C@@H]1Cc3ccccc3CN1S(=O)(=O)c1ccc(C)cc1)CC2. The number of fused-ring (bicyclic) bond motifs is 2. The van der Waals surface area contributed by atoms with Crippen molar-refractivity contribution in [3.63, 3.8) is 0 Å². The average molecular weight is 507 g/mol. The first kappa shape index (κ1) is 24.3. The Hall–Kier alpha value is -3.36. The van der Waals surface area contributed by atoms with E-state index in [-0.39, 0.29) is 17.3 Å². The molecular weight excluding hydrogens is 476 g/mol. The number of benzene rings is 3. The Balaban J connectivity index is 1.49. The number of aryl methyl sites for hydroxylation is 1. The highest BCUT2D eigenvalue weighted by Crippen LogP contribution is 2.35. The highest BCUT2D eigenvalue weighted by atomic mass is 32.2. The second-order valence-corrected chi connectivity index (χ2v) is 11.2. The van der Waals surface area contributed by atoms with E-state index in [4.69, 9.17) is 9.47 Å². The highest BCUT2D eigenvalue weighted by molar-refractivity contribution is 7.89. The molecule has 3 aromatic carbocycles. The van der Waals surface area contributed by atoms with Crippen LogP contribution in [-0.2, 0) is 40.7 Å². The number of sulfonamides is 1. The van der Waals surface area contributed by atoms with Crippen molar-refractivity contribution in [2.75, 3.05) is 20.8 Å². The molecule has 36 heavy (non-hydrogen) atoms. The molecule has 0 fully saturated rings. The normalized spacial score (nSPS) is 17.8. The van der Waals surface area contributed by atoms with Crippen LogP contribution in [0.1, 0.15) is 27.8 Å².